The number of carbonyl (C=O) groups is 1. The molecule has 0 bridgehead atoms. The van der Waals surface area contributed by atoms with Gasteiger partial charge in [0, 0.05) is 12.5 Å². The van der Waals surface area contributed by atoms with Crippen molar-refractivity contribution in [2.24, 2.45) is 11.1 Å². The largest absolute Gasteiger partial charge is 0.355 e. The minimum atomic E-state index is -3.52. The second kappa shape index (κ2) is 6.15. The number of rotatable bonds is 6. The van der Waals surface area contributed by atoms with Gasteiger partial charge in [-0.05, 0) is 29.4 Å². The Morgan fingerprint density at radius 2 is 1.95 bits per heavy atom. The van der Waals surface area contributed by atoms with Gasteiger partial charge in [0.15, 0.2) is 0 Å². The van der Waals surface area contributed by atoms with Gasteiger partial charge in [-0.2, -0.15) is 0 Å². The number of sulfonamides is 1. The van der Waals surface area contributed by atoms with Crippen LogP contribution in [0, 0.1) is 5.92 Å². The summed E-state index contributed by atoms with van der Waals surface area (Å²) >= 11 is 0. The maximum atomic E-state index is 11.9. The van der Waals surface area contributed by atoms with Crippen LogP contribution in [-0.4, -0.2) is 26.6 Å². The molecule has 2 rings (SSSR count). The fourth-order valence-corrected chi connectivity index (χ4v) is 2.82. The zero-order chi connectivity index (χ0) is 15.6. The Morgan fingerprint density at radius 3 is 2.48 bits per heavy atom. The first-order valence-corrected chi connectivity index (χ1v) is 8.87. The predicted molar refractivity (Wildman–Crippen MR) is 82.4 cm³/mol. The van der Waals surface area contributed by atoms with E-state index in [1.165, 1.54) is 11.1 Å². The number of hydrogen-bond donors (Lipinski definition) is 2. The molecule has 1 aliphatic rings. The standard InChI is InChI=1S/C15H22N2O3S/c1-10(2)11-3-5-12(6-4-11)13-9-14(13)15(18)17-7-8-21(16,19)20/h3-6,10,13-14H,7-9H2,1-2H3,(H,17,18)(H2,16,19,20). The highest BCUT2D eigenvalue weighted by Crippen LogP contribution is 2.47. The van der Waals surface area contributed by atoms with Crippen molar-refractivity contribution in [2.45, 2.75) is 32.1 Å². The molecule has 0 radical (unpaired) electrons. The molecule has 2 atom stereocenters. The van der Waals surface area contributed by atoms with E-state index in [1.807, 2.05) is 0 Å². The molecular weight excluding hydrogens is 288 g/mol. The first-order valence-electron chi connectivity index (χ1n) is 7.16. The van der Waals surface area contributed by atoms with Gasteiger partial charge in [-0.1, -0.05) is 38.1 Å². The summed E-state index contributed by atoms with van der Waals surface area (Å²) in [5.41, 5.74) is 2.46. The van der Waals surface area contributed by atoms with E-state index in [1.54, 1.807) is 0 Å². The summed E-state index contributed by atoms with van der Waals surface area (Å²) < 4.78 is 21.6. The molecule has 1 aromatic carbocycles. The van der Waals surface area contributed by atoms with Crippen LogP contribution in [0.15, 0.2) is 24.3 Å². The molecule has 0 saturated heterocycles. The third-order valence-corrected chi connectivity index (χ3v) is 4.62. The Bertz CT molecular complexity index is 608. The minimum absolute atomic E-state index is 0.0459. The Balaban J connectivity index is 1.85. The topological polar surface area (TPSA) is 89.3 Å². The highest BCUT2D eigenvalue weighted by Gasteiger charge is 2.43. The van der Waals surface area contributed by atoms with Gasteiger partial charge in [0.1, 0.15) is 0 Å². The van der Waals surface area contributed by atoms with Crippen LogP contribution in [0.1, 0.15) is 43.2 Å². The van der Waals surface area contributed by atoms with Crippen molar-refractivity contribution in [3.63, 3.8) is 0 Å². The second-order valence-electron chi connectivity index (χ2n) is 5.93. The third-order valence-electron chi connectivity index (χ3n) is 3.84. The van der Waals surface area contributed by atoms with Gasteiger partial charge in [-0.3, -0.25) is 4.79 Å². The van der Waals surface area contributed by atoms with Crippen LogP contribution in [0.3, 0.4) is 0 Å². The van der Waals surface area contributed by atoms with Crippen molar-refractivity contribution in [3.8, 4) is 0 Å². The van der Waals surface area contributed by atoms with Crippen molar-refractivity contribution in [3.05, 3.63) is 35.4 Å². The molecule has 6 heteroatoms. The van der Waals surface area contributed by atoms with E-state index in [9.17, 15) is 13.2 Å². The molecular formula is C15H22N2O3S. The second-order valence-corrected chi connectivity index (χ2v) is 7.66. The molecule has 21 heavy (non-hydrogen) atoms. The van der Waals surface area contributed by atoms with Gasteiger partial charge in [0.05, 0.1) is 5.75 Å². The SMILES string of the molecule is CC(C)c1ccc(C2CC2C(=O)NCCS(N)(=O)=O)cc1. The summed E-state index contributed by atoms with van der Waals surface area (Å²) in [7, 11) is -3.52. The maximum Gasteiger partial charge on any atom is 0.223 e. The Morgan fingerprint density at radius 1 is 1.33 bits per heavy atom. The molecule has 1 saturated carbocycles. The van der Waals surface area contributed by atoms with E-state index in [2.05, 4.69) is 43.4 Å². The number of benzene rings is 1. The lowest BCUT2D eigenvalue weighted by atomic mass is 10.00. The van der Waals surface area contributed by atoms with Gasteiger partial charge in [-0.25, -0.2) is 13.6 Å². The highest BCUT2D eigenvalue weighted by molar-refractivity contribution is 7.89. The lowest BCUT2D eigenvalue weighted by molar-refractivity contribution is -0.122. The number of carbonyl (C=O) groups excluding carboxylic acids is 1. The van der Waals surface area contributed by atoms with E-state index in [-0.39, 0.29) is 30.0 Å². The molecule has 0 aliphatic heterocycles. The molecule has 0 heterocycles. The highest BCUT2D eigenvalue weighted by atomic mass is 32.2. The van der Waals surface area contributed by atoms with Crippen molar-refractivity contribution in [1.29, 1.82) is 0 Å². The third kappa shape index (κ3) is 4.54. The molecule has 2 unspecified atom stereocenters. The summed E-state index contributed by atoms with van der Waals surface area (Å²) in [6.45, 7) is 4.37. The predicted octanol–water partition coefficient (Wildman–Crippen LogP) is 1.32. The van der Waals surface area contributed by atoms with E-state index in [0.717, 1.165) is 6.42 Å². The minimum Gasteiger partial charge on any atom is -0.355 e. The van der Waals surface area contributed by atoms with Crippen LogP contribution in [0.5, 0.6) is 0 Å². The molecule has 116 valence electrons. The fourth-order valence-electron chi connectivity index (χ4n) is 2.43. The van der Waals surface area contributed by atoms with E-state index < -0.39 is 10.0 Å². The summed E-state index contributed by atoms with van der Waals surface area (Å²) in [6, 6.07) is 8.37. The normalized spacial score (nSPS) is 21.3. The van der Waals surface area contributed by atoms with Gasteiger partial charge in [-0.15, -0.1) is 0 Å². The molecule has 1 amide bonds. The average molecular weight is 310 g/mol. The van der Waals surface area contributed by atoms with Crippen molar-refractivity contribution >= 4 is 15.9 Å². The zero-order valence-electron chi connectivity index (χ0n) is 12.4. The Hall–Kier alpha value is -1.40. The van der Waals surface area contributed by atoms with Gasteiger partial charge < -0.3 is 5.32 Å². The number of hydrogen-bond acceptors (Lipinski definition) is 3. The van der Waals surface area contributed by atoms with Gasteiger partial charge in [0.25, 0.3) is 0 Å². The molecule has 5 nitrogen and oxygen atoms in total. The Kier molecular flexibility index (Phi) is 4.68. The zero-order valence-corrected chi connectivity index (χ0v) is 13.2. The molecule has 0 spiro atoms. The quantitative estimate of drug-likeness (QED) is 0.830. The summed E-state index contributed by atoms with van der Waals surface area (Å²) in [4.78, 5) is 11.9. The smallest absolute Gasteiger partial charge is 0.223 e. The fraction of sp³-hybridized carbons (Fsp3) is 0.533. The van der Waals surface area contributed by atoms with Crippen molar-refractivity contribution < 1.29 is 13.2 Å². The molecule has 0 aromatic heterocycles. The van der Waals surface area contributed by atoms with Crippen LogP contribution in [-0.2, 0) is 14.8 Å². The number of nitrogens with two attached hydrogens (primary N) is 1. The summed E-state index contributed by atoms with van der Waals surface area (Å²) in [5.74, 6) is 0.391. The van der Waals surface area contributed by atoms with Crippen LogP contribution in [0.4, 0.5) is 0 Å². The first kappa shape index (κ1) is 16.0. The van der Waals surface area contributed by atoms with Crippen LogP contribution >= 0.6 is 0 Å². The Labute approximate surface area is 126 Å². The van der Waals surface area contributed by atoms with Crippen LogP contribution < -0.4 is 10.5 Å². The molecule has 1 fully saturated rings. The van der Waals surface area contributed by atoms with Gasteiger partial charge >= 0.3 is 0 Å². The van der Waals surface area contributed by atoms with E-state index in [0.29, 0.717) is 5.92 Å². The molecule has 1 aliphatic carbocycles. The number of amides is 1. The van der Waals surface area contributed by atoms with Crippen molar-refractivity contribution in [1.82, 2.24) is 5.32 Å². The van der Waals surface area contributed by atoms with E-state index >= 15 is 0 Å². The van der Waals surface area contributed by atoms with Crippen LogP contribution in [0.2, 0.25) is 0 Å². The summed E-state index contributed by atoms with van der Waals surface area (Å²) in [6.07, 6.45) is 0.822. The number of primary sulfonamides is 1. The molecule has 1 aromatic rings. The number of nitrogens with one attached hydrogen (secondary N) is 1. The first-order chi connectivity index (χ1) is 9.78. The van der Waals surface area contributed by atoms with Gasteiger partial charge in [0.2, 0.25) is 15.9 Å². The van der Waals surface area contributed by atoms with E-state index in [4.69, 9.17) is 5.14 Å². The summed E-state index contributed by atoms with van der Waals surface area (Å²) in [5, 5.41) is 7.52. The monoisotopic (exact) mass is 310 g/mol. The molecule has 3 N–H and O–H groups in total. The maximum absolute atomic E-state index is 11.9. The average Bonchev–Trinajstić information content (AvgIpc) is 3.17. The van der Waals surface area contributed by atoms with Crippen LogP contribution in [0.25, 0.3) is 0 Å². The lowest BCUT2D eigenvalue weighted by Gasteiger charge is -2.07. The van der Waals surface area contributed by atoms with Crippen molar-refractivity contribution in [2.75, 3.05) is 12.3 Å². The lowest BCUT2D eigenvalue weighted by Crippen LogP contribution is -2.32.